The molecule has 1 aliphatic rings. The lowest BCUT2D eigenvalue weighted by Crippen LogP contribution is -2.51. The molecule has 1 heterocycles. The van der Waals surface area contributed by atoms with Crippen molar-refractivity contribution in [3.8, 4) is 0 Å². The minimum absolute atomic E-state index is 0.269. The van der Waals surface area contributed by atoms with Gasteiger partial charge >= 0.3 is 0 Å². The van der Waals surface area contributed by atoms with Crippen LogP contribution in [-0.2, 0) is 9.47 Å². The maximum Gasteiger partial charge on any atom is 0.0589 e. The van der Waals surface area contributed by atoms with E-state index in [1.54, 1.807) is 7.11 Å². The summed E-state index contributed by atoms with van der Waals surface area (Å²) in [7, 11) is 1.78. The average Bonchev–Trinajstić information content (AvgIpc) is 2.44. The first-order chi connectivity index (χ1) is 9.63. The highest BCUT2D eigenvalue weighted by Gasteiger charge is 2.35. The first kappa shape index (κ1) is 17.9. The van der Waals surface area contributed by atoms with Crippen LogP contribution in [0.1, 0.15) is 40.0 Å². The summed E-state index contributed by atoms with van der Waals surface area (Å²) in [6, 6.07) is 0.551. The predicted octanol–water partition coefficient (Wildman–Crippen LogP) is 2.14. The molecule has 1 N–H and O–H groups in total. The number of hydrogen-bond donors (Lipinski definition) is 1. The van der Waals surface area contributed by atoms with Gasteiger partial charge in [-0.2, -0.15) is 0 Å². The minimum Gasteiger partial charge on any atom is -0.383 e. The molecule has 0 amide bonds. The van der Waals surface area contributed by atoms with E-state index in [0.29, 0.717) is 6.04 Å². The maximum atomic E-state index is 5.80. The fourth-order valence-corrected chi connectivity index (χ4v) is 2.92. The molecule has 0 aromatic carbocycles. The molecule has 0 bridgehead atoms. The summed E-state index contributed by atoms with van der Waals surface area (Å²) in [5, 5.41) is 3.61. The number of methoxy groups -OCH3 is 1. The largest absolute Gasteiger partial charge is 0.383 e. The summed E-state index contributed by atoms with van der Waals surface area (Å²) < 4.78 is 11.1. The Morgan fingerprint density at radius 3 is 2.75 bits per heavy atom. The lowest BCUT2D eigenvalue weighted by molar-refractivity contribution is -0.0338. The normalized spacial score (nSPS) is 23.7. The van der Waals surface area contributed by atoms with Crippen molar-refractivity contribution in [2.75, 3.05) is 53.1 Å². The van der Waals surface area contributed by atoms with Gasteiger partial charge in [0.05, 0.1) is 13.2 Å². The highest BCUT2D eigenvalue weighted by atomic mass is 16.5. The minimum atomic E-state index is 0.269. The number of nitrogens with one attached hydrogen (secondary N) is 1. The number of nitrogens with zero attached hydrogens (tertiary/aromatic N) is 1. The van der Waals surface area contributed by atoms with Crippen LogP contribution in [0.4, 0.5) is 0 Å². The molecule has 0 saturated carbocycles. The van der Waals surface area contributed by atoms with Crippen molar-refractivity contribution in [1.82, 2.24) is 10.2 Å². The van der Waals surface area contributed by atoms with Crippen LogP contribution in [-0.4, -0.2) is 64.1 Å². The van der Waals surface area contributed by atoms with Gasteiger partial charge in [0.2, 0.25) is 0 Å². The zero-order chi connectivity index (χ0) is 14.8. The quantitative estimate of drug-likeness (QED) is 0.624. The SMILES string of the molecule is CCCNCC1(CN(CCOC)C(C)C)CCCOC1. The van der Waals surface area contributed by atoms with Crippen molar-refractivity contribution in [1.29, 1.82) is 0 Å². The lowest BCUT2D eigenvalue weighted by Gasteiger charge is -2.42. The van der Waals surface area contributed by atoms with Crippen LogP contribution in [0.2, 0.25) is 0 Å². The van der Waals surface area contributed by atoms with Gasteiger partial charge in [-0.1, -0.05) is 6.92 Å². The van der Waals surface area contributed by atoms with Crippen LogP contribution < -0.4 is 5.32 Å². The van der Waals surface area contributed by atoms with Crippen LogP contribution in [0.3, 0.4) is 0 Å². The monoisotopic (exact) mass is 286 g/mol. The smallest absolute Gasteiger partial charge is 0.0589 e. The molecule has 1 rings (SSSR count). The van der Waals surface area contributed by atoms with E-state index in [0.717, 1.165) is 46.0 Å². The zero-order valence-corrected chi connectivity index (χ0v) is 13.9. The Labute approximate surface area is 125 Å². The van der Waals surface area contributed by atoms with Crippen LogP contribution in [0, 0.1) is 5.41 Å². The third kappa shape index (κ3) is 6.08. The van der Waals surface area contributed by atoms with Crippen LogP contribution in [0.25, 0.3) is 0 Å². The van der Waals surface area contributed by atoms with Gasteiger partial charge in [0.25, 0.3) is 0 Å². The topological polar surface area (TPSA) is 33.7 Å². The van der Waals surface area contributed by atoms with Gasteiger partial charge in [-0.25, -0.2) is 0 Å². The van der Waals surface area contributed by atoms with Crippen LogP contribution in [0.15, 0.2) is 0 Å². The second-order valence-corrected chi connectivity index (χ2v) is 6.39. The van der Waals surface area contributed by atoms with Crippen molar-refractivity contribution in [2.45, 2.75) is 46.1 Å². The Morgan fingerprint density at radius 1 is 1.40 bits per heavy atom. The summed E-state index contributed by atoms with van der Waals surface area (Å²) in [6.45, 7) is 13.6. The Hall–Kier alpha value is -0.160. The highest BCUT2D eigenvalue weighted by molar-refractivity contribution is 4.88. The Balaban J connectivity index is 2.60. The van der Waals surface area contributed by atoms with E-state index in [9.17, 15) is 0 Å². The summed E-state index contributed by atoms with van der Waals surface area (Å²) in [5.41, 5.74) is 0.269. The molecular formula is C16H34N2O2. The molecule has 1 aliphatic heterocycles. The molecule has 0 aliphatic carbocycles. The van der Waals surface area contributed by atoms with Crippen molar-refractivity contribution >= 4 is 0 Å². The van der Waals surface area contributed by atoms with Gasteiger partial charge in [0.1, 0.15) is 0 Å². The molecular weight excluding hydrogens is 252 g/mol. The summed E-state index contributed by atoms with van der Waals surface area (Å²) in [4.78, 5) is 2.53. The molecule has 0 aromatic rings. The lowest BCUT2D eigenvalue weighted by atomic mass is 9.81. The molecule has 1 saturated heterocycles. The number of ether oxygens (including phenoxy) is 2. The van der Waals surface area contributed by atoms with Crippen LogP contribution >= 0.6 is 0 Å². The van der Waals surface area contributed by atoms with E-state index >= 15 is 0 Å². The van der Waals surface area contributed by atoms with Gasteiger partial charge in [-0.15, -0.1) is 0 Å². The Kier molecular flexibility index (Phi) is 8.69. The zero-order valence-electron chi connectivity index (χ0n) is 13.9. The van der Waals surface area contributed by atoms with E-state index in [1.807, 2.05) is 0 Å². The fraction of sp³-hybridized carbons (Fsp3) is 1.00. The molecule has 20 heavy (non-hydrogen) atoms. The van der Waals surface area contributed by atoms with E-state index in [2.05, 4.69) is 31.0 Å². The van der Waals surface area contributed by atoms with Gasteiger partial charge in [0, 0.05) is 44.8 Å². The molecule has 1 atom stereocenters. The summed E-state index contributed by atoms with van der Waals surface area (Å²) in [6.07, 6.45) is 3.64. The highest BCUT2D eigenvalue weighted by Crippen LogP contribution is 2.29. The molecule has 1 unspecified atom stereocenters. The Bertz CT molecular complexity index is 241. The van der Waals surface area contributed by atoms with Gasteiger partial charge in [0.15, 0.2) is 0 Å². The van der Waals surface area contributed by atoms with Gasteiger partial charge < -0.3 is 14.8 Å². The second kappa shape index (κ2) is 9.72. The van der Waals surface area contributed by atoms with E-state index in [-0.39, 0.29) is 5.41 Å². The predicted molar refractivity (Wildman–Crippen MR) is 84.2 cm³/mol. The van der Waals surface area contributed by atoms with Gasteiger partial charge in [-0.05, 0) is 39.7 Å². The average molecular weight is 286 g/mol. The van der Waals surface area contributed by atoms with Crippen molar-refractivity contribution in [2.24, 2.45) is 5.41 Å². The van der Waals surface area contributed by atoms with E-state index < -0.39 is 0 Å². The molecule has 120 valence electrons. The second-order valence-electron chi connectivity index (χ2n) is 6.39. The number of hydrogen-bond acceptors (Lipinski definition) is 4. The number of rotatable bonds is 10. The standard InChI is InChI=1S/C16H34N2O2/c1-5-8-17-12-16(7-6-10-20-14-16)13-18(15(2)3)9-11-19-4/h15,17H,5-14H2,1-4H3. The molecule has 1 fully saturated rings. The first-order valence-electron chi connectivity index (χ1n) is 8.15. The molecule has 4 nitrogen and oxygen atoms in total. The third-order valence-electron chi connectivity index (χ3n) is 4.18. The molecule has 4 heteroatoms. The third-order valence-corrected chi connectivity index (χ3v) is 4.18. The van der Waals surface area contributed by atoms with E-state index in [1.165, 1.54) is 19.3 Å². The molecule has 0 aromatic heterocycles. The first-order valence-corrected chi connectivity index (χ1v) is 8.15. The van der Waals surface area contributed by atoms with Crippen molar-refractivity contribution in [3.63, 3.8) is 0 Å². The van der Waals surface area contributed by atoms with Crippen LogP contribution in [0.5, 0.6) is 0 Å². The fourth-order valence-electron chi connectivity index (χ4n) is 2.92. The molecule has 0 radical (unpaired) electrons. The van der Waals surface area contributed by atoms with E-state index in [4.69, 9.17) is 9.47 Å². The van der Waals surface area contributed by atoms with Gasteiger partial charge in [-0.3, -0.25) is 4.90 Å². The maximum absolute atomic E-state index is 5.80. The van der Waals surface area contributed by atoms with Crippen molar-refractivity contribution < 1.29 is 9.47 Å². The summed E-state index contributed by atoms with van der Waals surface area (Å²) >= 11 is 0. The summed E-state index contributed by atoms with van der Waals surface area (Å²) in [5.74, 6) is 0. The Morgan fingerprint density at radius 2 is 2.20 bits per heavy atom. The van der Waals surface area contributed by atoms with Crippen molar-refractivity contribution in [3.05, 3.63) is 0 Å². The molecule has 0 spiro atoms.